The zero-order chi connectivity index (χ0) is 11.5. The number of nitrogens with zero attached hydrogens (tertiary/aromatic N) is 4. The quantitative estimate of drug-likeness (QED) is 0.833. The smallest absolute Gasteiger partial charge is 0.170 e. The fourth-order valence-corrected chi connectivity index (χ4v) is 1.63. The highest BCUT2D eigenvalue weighted by Gasteiger charge is 2.09. The average Bonchev–Trinajstić information content (AvgIpc) is 2.71. The van der Waals surface area contributed by atoms with Gasteiger partial charge in [0.1, 0.15) is 0 Å². The Bertz CT molecular complexity index is 489. The number of tetrazole rings is 1. The van der Waals surface area contributed by atoms with Gasteiger partial charge in [-0.25, -0.2) is 0 Å². The Kier molecular flexibility index (Phi) is 2.96. The van der Waals surface area contributed by atoms with Crippen molar-refractivity contribution in [1.29, 1.82) is 0 Å². The third kappa shape index (κ3) is 1.81. The van der Waals surface area contributed by atoms with Crippen LogP contribution in [0.5, 0.6) is 0 Å². The topological polar surface area (TPSA) is 55.6 Å². The largest absolute Gasteiger partial charge is 0.313 e. The van der Waals surface area contributed by atoms with Gasteiger partial charge < -0.3 is 5.32 Å². The van der Waals surface area contributed by atoms with Crippen LogP contribution < -0.4 is 5.32 Å². The summed E-state index contributed by atoms with van der Waals surface area (Å²) in [4.78, 5) is 0. The molecule has 0 aliphatic carbocycles. The van der Waals surface area contributed by atoms with E-state index in [1.807, 2.05) is 19.2 Å². The van der Waals surface area contributed by atoms with E-state index in [1.165, 1.54) is 11.1 Å². The van der Waals surface area contributed by atoms with E-state index in [9.17, 15) is 0 Å². The molecule has 0 aliphatic rings. The van der Waals surface area contributed by atoms with Gasteiger partial charge in [-0.3, -0.25) is 0 Å². The van der Waals surface area contributed by atoms with Crippen LogP contribution in [-0.4, -0.2) is 27.3 Å². The van der Waals surface area contributed by atoms with Crippen LogP contribution in [0.15, 0.2) is 18.2 Å². The lowest BCUT2D eigenvalue weighted by atomic mass is 10.1. The molecule has 0 spiro atoms. The predicted octanol–water partition coefficient (Wildman–Crippen LogP) is 0.999. The SMILES string of the molecule is CNCc1nnnn1-c1cccc(C)c1C. The number of aryl methyl sites for hydroxylation is 1. The molecule has 0 aliphatic heterocycles. The first-order chi connectivity index (χ1) is 7.74. The first kappa shape index (κ1) is 10.8. The van der Waals surface area contributed by atoms with Crippen LogP contribution in [0, 0.1) is 13.8 Å². The summed E-state index contributed by atoms with van der Waals surface area (Å²) in [6.07, 6.45) is 0. The van der Waals surface area contributed by atoms with Crippen molar-refractivity contribution in [3.8, 4) is 5.69 Å². The molecule has 0 bridgehead atoms. The Balaban J connectivity index is 2.50. The summed E-state index contributed by atoms with van der Waals surface area (Å²) >= 11 is 0. The van der Waals surface area contributed by atoms with Gasteiger partial charge in [0.15, 0.2) is 5.82 Å². The zero-order valence-corrected chi connectivity index (χ0v) is 9.73. The molecule has 0 amide bonds. The van der Waals surface area contributed by atoms with Gasteiger partial charge in [-0.2, -0.15) is 4.68 Å². The van der Waals surface area contributed by atoms with Crippen molar-refractivity contribution in [2.75, 3.05) is 7.05 Å². The van der Waals surface area contributed by atoms with Gasteiger partial charge in [0.2, 0.25) is 0 Å². The Labute approximate surface area is 94.5 Å². The van der Waals surface area contributed by atoms with Crippen molar-refractivity contribution in [3.05, 3.63) is 35.2 Å². The first-order valence-corrected chi connectivity index (χ1v) is 5.22. The minimum atomic E-state index is 0.653. The molecule has 5 nitrogen and oxygen atoms in total. The molecule has 0 atom stereocenters. The molecule has 16 heavy (non-hydrogen) atoms. The summed E-state index contributed by atoms with van der Waals surface area (Å²) in [5.41, 5.74) is 3.48. The van der Waals surface area contributed by atoms with E-state index in [2.05, 4.69) is 40.8 Å². The fourth-order valence-electron chi connectivity index (χ4n) is 1.63. The highest BCUT2D eigenvalue weighted by atomic mass is 15.5. The molecular formula is C11H15N5. The standard InChI is InChI=1S/C11H15N5/c1-8-5-4-6-10(9(8)2)16-11(7-12-3)13-14-15-16/h4-6,12H,7H2,1-3H3. The molecule has 0 unspecified atom stereocenters. The zero-order valence-electron chi connectivity index (χ0n) is 9.73. The molecule has 0 fully saturated rings. The minimum Gasteiger partial charge on any atom is -0.313 e. The van der Waals surface area contributed by atoms with Crippen molar-refractivity contribution in [2.24, 2.45) is 0 Å². The molecule has 1 aromatic carbocycles. The maximum Gasteiger partial charge on any atom is 0.170 e. The molecule has 84 valence electrons. The second-order valence-corrected chi connectivity index (χ2v) is 3.76. The third-order valence-corrected chi connectivity index (χ3v) is 2.67. The molecular weight excluding hydrogens is 202 g/mol. The number of hydrogen-bond acceptors (Lipinski definition) is 4. The van der Waals surface area contributed by atoms with Crippen molar-refractivity contribution in [3.63, 3.8) is 0 Å². The second kappa shape index (κ2) is 4.40. The van der Waals surface area contributed by atoms with Gasteiger partial charge in [-0.1, -0.05) is 12.1 Å². The summed E-state index contributed by atoms with van der Waals surface area (Å²) in [6.45, 7) is 4.82. The van der Waals surface area contributed by atoms with E-state index < -0.39 is 0 Å². The summed E-state index contributed by atoms with van der Waals surface area (Å²) in [6, 6.07) is 6.13. The van der Waals surface area contributed by atoms with Crippen molar-refractivity contribution in [1.82, 2.24) is 25.5 Å². The van der Waals surface area contributed by atoms with Crippen LogP contribution >= 0.6 is 0 Å². The lowest BCUT2D eigenvalue weighted by Crippen LogP contribution is -2.13. The average molecular weight is 217 g/mol. The molecule has 5 heteroatoms. The van der Waals surface area contributed by atoms with Crippen molar-refractivity contribution < 1.29 is 0 Å². The van der Waals surface area contributed by atoms with Crippen LogP contribution in [-0.2, 0) is 6.54 Å². The summed E-state index contributed by atoms with van der Waals surface area (Å²) in [5, 5.41) is 14.8. The lowest BCUT2D eigenvalue weighted by Gasteiger charge is -2.09. The highest BCUT2D eigenvalue weighted by Crippen LogP contribution is 2.17. The van der Waals surface area contributed by atoms with Crippen molar-refractivity contribution in [2.45, 2.75) is 20.4 Å². The van der Waals surface area contributed by atoms with E-state index in [4.69, 9.17) is 0 Å². The van der Waals surface area contributed by atoms with Gasteiger partial charge in [0.05, 0.1) is 12.2 Å². The second-order valence-electron chi connectivity index (χ2n) is 3.76. The van der Waals surface area contributed by atoms with Gasteiger partial charge in [-0.15, -0.1) is 5.10 Å². The third-order valence-electron chi connectivity index (χ3n) is 2.67. The van der Waals surface area contributed by atoms with E-state index in [0.29, 0.717) is 6.54 Å². The Morgan fingerprint density at radius 3 is 2.88 bits per heavy atom. The van der Waals surface area contributed by atoms with E-state index >= 15 is 0 Å². The predicted molar refractivity (Wildman–Crippen MR) is 61.4 cm³/mol. The van der Waals surface area contributed by atoms with Gasteiger partial charge >= 0.3 is 0 Å². The number of rotatable bonds is 3. The number of benzene rings is 1. The normalized spacial score (nSPS) is 10.7. The summed E-state index contributed by atoms with van der Waals surface area (Å²) in [7, 11) is 1.88. The maximum atomic E-state index is 4.02. The highest BCUT2D eigenvalue weighted by molar-refractivity contribution is 5.44. The number of nitrogens with one attached hydrogen (secondary N) is 1. The van der Waals surface area contributed by atoms with Crippen LogP contribution in [0.2, 0.25) is 0 Å². The molecule has 1 heterocycles. The Morgan fingerprint density at radius 2 is 2.12 bits per heavy atom. The van der Waals surface area contributed by atoms with Crippen LogP contribution in [0.25, 0.3) is 5.69 Å². The summed E-state index contributed by atoms with van der Waals surface area (Å²) in [5.74, 6) is 0.816. The van der Waals surface area contributed by atoms with Crippen molar-refractivity contribution >= 4 is 0 Å². The van der Waals surface area contributed by atoms with Crippen LogP contribution in [0.3, 0.4) is 0 Å². The molecule has 0 saturated heterocycles. The number of hydrogen-bond donors (Lipinski definition) is 1. The molecule has 1 N–H and O–H groups in total. The van der Waals surface area contributed by atoms with Crippen LogP contribution in [0.1, 0.15) is 17.0 Å². The van der Waals surface area contributed by atoms with Gasteiger partial charge in [-0.05, 0) is 48.5 Å². The molecule has 0 saturated carbocycles. The molecule has 2 rings (SSSR count). The molecule has 2 aromatic rings. The minimum absolute atomic E-state index is 0.653. The van der Waals surface area contributed by atoms with Gasteiger partial charge in [0.25, 0.3) is 0 Å². The Hall–Kier alpha value is -1.75. The molecule has 0 radical (unpaired) electrons. The fraction of sp³-hybridized carbons (Fsp3) is 0.364. The van der Waals surface area contributed by atoms with E-state index in [-0.39, 0.29) is 0 Å². The Morgan fingerprint density at radius 1 is 1.31 bits per heavy atom. The summed E-state index contributed by atoms with van der Waals surface area (Å²) < 4.78 is 1.78. The monoisotopic (exact) mass is 217 g/mol. The number of aromatic nitrogens is 4. The van der Waals surface area contributed by atoms with E-state index in [0.717, 1.165) is 11.5 Å². The maximum absolute atomic E-state index is 4.02. The van der Waals surface area contributed by atoms with E-state index in [1.54, 1.807) is 4.68 Å². The lowest BCUT2D eigenvalue weighted by molar-refractivity contribution is 0.706. The van der Waals surface area contributed by atoms with Crippen LogP contribution in [0.4, 0.5) is 0 Å². The first-order valence-electron chi connectivity index (χ1n) is 5.22. The molecule has 1 aromatic heterocycles. The van der Waals surface area contributed by atoms with Gasteiger partial charge in [0, 0.05) is 0 Å².